The van der Waals surface area contributed by atoms with Gasteiger partial charge in [0, 0.05) is 31.2 Å². The average Bonchev–Trinajstić information content (AvgIpc) is 2.67. The van der Waals surface area contributed by atoms with Crippen LogP contribution in [0, 0.1) is 0 Å². The molecule has 1 aliphatic rings. The third kappa shape index (κ3) is 4.12. The summed E-state index contributed by atoms with van der Waals surface area (Å²) < 4.78 is 5.53. The summed E-state index contributed by atoms with van der Waals surface area (Å²) in [7, 11) is 0. The van der Waals surface area contributed by atoms with E-state index in [2.05, 4.69) is 29.6 Å². The smallest absolute Gasteiger partial charge is 0.244 e. The second-order valence-corrected chi connectivity index (χ2v) is 6.22. The summed E-state index contributed by atoms with van der Waals surface area (Å²) in [6, 6.07) is 20.3. The van der Waals surface area contributed by atoms with E-state index in [0.29, 0.717) is 6.54 Å². The zero-order valence-electron chi connectivity index (χ0n) is 13.8. The van der Waals surface area contributed by atoms with Crippen LogP contribution < -0.4 is 5.32 Å². The molecule has 0 aliphatic carbocycles. The Hall–Kier alpha value is -2.39. The summed E-state index contributed by atoms with van der Waals surface area (Å²) >= 11 is 0. The van der Waals surface area contributed by atoms with Crippen molar-refractivity contribution in [1.29, 1.82) is 0 Å². The molecule has 1 saturated heterocycles. The van der Waals surface area contributed by atoms with Crippen LogP contribution in [0.1, 0.15) is 24.0 Å². The molecule has 0 unspecified atom stereocenters. The molecule has 0 saturated carbocycles. The Kier molecular flexibility index (Phi) is 5.44. The SMILES string of the molecule is O=C(/C=C/c1ccccc1)NCC1(c2ccccc2)CCOCC1. The zero-order chi connectivity index (χ0) is 16.7. The van der Waals surface area contributed by atoms with E-state index in [4.69, 9.17) is 4.74 Å². The third-order valence-corrected chi connectivity index (χ3v) is 4.66. The quantitative estimate of drug-likeness (QED) is 0.855. The van der Waals surface area contributed by atoms with Gasteiger partial charge in [-0.05, 0) is 30.0 Å². The number of ether oxygens (including phenoxy) is 1. The van der Waals surface area contributed by atoms with Crippen molar-refractivity contribution in [3.63, 3.8) is 0 Å². The van der Waals surface area contributed by atoms with Gasteiger partial charge in [-0.1, -0.05) is 60.7 Å². The second kappa shape index (κ2) is 7.93. The minimum absolute atomic E-state index is 0.0320. The number of rotatable bonds is 5. The van der Waals surface area contributed by atoms with Gasteiger partial charge in [0.15, 0.2) is 0 Å². The highest BCUT2D eigenvalue weighted by Gasteiger charge is 2.34. The lowest BCUT2D eigenvalue weighted by molar-refractivity contribution is -0.116. The highest BCUT2D eigenvalue weighted by atomic mass is 16.5. The molecule has 0 aromatic heterocycles. The predicted octanol–water partition coefficient (Wildman–Crippen LogP) is 3.56. The molecule has 0 radical (unpaired) electrons. The lowest BCUT2D eigenvalue weighted by Crippen LogP contribution is -2.44. The van der Waals surface area contributed by atoms with Crippen molar-refractivity contribution in [2.45, 2.75) is 18.3 Å². The van der Waals surface area contributed by atoms with Gasteiger partial charge in [-0.25, -0.2) is 0 Å². The number of nitrogens with one attached hydrogen (secondary N) is 1. The molecule has 1 N–H and O–H groups in total. The Morgan fingerprint density at radius 3 is 2.29 bits per heavy atom. The van der Waals surface area contributed by atoms with Crippen molar-refractivity contribution >= 4 is 12.0 Å². The monoisotopic (exact) mass is 321 g/mol. The van der Waals surface area contributed by atoms with E-state index in [1.165, 1.54) is 5.56 Å². The maximum Gasteiger partial charge on any atom is 0.244 e. The molecule has 0 atom stereocenters. The first-order valence-electron chi connectivity index (χ1n) is 8.43. The van der Waals surface area contributed by atoms with E-state index in [9.17, 15) is 4.79 Å². The number of hydrogen-bond acceptors (Lipinski definition) is 2. The van der Waals surface area contributed by atoms with Crippen molar-refractivity contribution in [1.82, 2.24) is 5.32 Å². The van der Waals surface area contributed by atoms with Crippen molar-refractivity contribution < 1.29 is 9.53 Å². The lowest BCUT2D eigenvalue weighted by atomic mass is 9.74. The molecule has 3 rings (SSSR count). The van der Waals surface area contributed by atoms with Crippen molar-refractivity contribution in [2.24, 2.45) is 0 Å². The number of hydrogen-bond donors (Lipinski definition) is 1. The van der Waals surface area contributed by atoms with E-state index in [0.717, 1.165) is 31.6 Å². The lowest BCUT2D eigenvalue weighted by Gasteiger charge is -2.37. The molecule has 1 aliphatic heterocycles. The number of benzene rings is 2. The zero-order valence-corrected chi connectivity index (χ0v) is 13.8. The molecule has 0 spiro atoms. The molecular weight excluding hydrogens is 298 g/mol. The van der Waals surface area contributed by atoms with Crippen LogP contribution in [0.15, 0.2) is 66.7 Å². The fourth-order valence-corrected chi connectivity index (χ4v) is 3.17. The molecule has 0 bridgehead atoms. The fraction of sp³-hybridized carbons (Fsp3) is 0.286. The first kappa shape index (κ1) is 16.5. The summed E-state index contributed by atoms with van der Waals surface area (Å²) in [5, 5.41) is 3.08. The predicted molar refractivity (Wildman–Crippen MR) is 96.7 cm³/mol. The number of carbonyl (C=O) groups excluding carboxylic acids is 1. The Morgan fingerprint density at radius 2 is 1.62 bits per heavy atom. The number of carbonyl (C=O) groups is 1. The van der Waals surface area contributed by atoms with Gasteiger partial charge in [-0.15, -0.1) is 0 Å². The van der Waals surface area contributed by atoms with Crippen LogP contribution in [0.25, 0.3) is 6.08 Å². The second-order valence-electron chi connectivity index (χ2n) is 6.22. The largest absolute Gasteiger partial charge is 0.381 e. The molecule has 1 amide bonds. The fourth-order valence-electron chi connectivity index (χ4n) is 3.17. The van der Waals surface area contributed by atoms with Crippen LogP contribution in [0.5, 0.6) is 0 Å². The summed E-state index contributed by atoms with van der Waals surface area (Å²) in [4.78, 5) is 12.2. The van der Waals surface area contributed by atoms with Gasteiger partial charge in [0.1, 0.15) is 0 Å². The maximum atomic E-state index is 12.2. The Bertz CT molecular complexity index is 673. The molecule has 3 nitrogen and oxygen atoms in total. The molecule has 124 valence electrons. The summed E-state index contributed by atoms with van der Waals surface area (Å²) in [6.45, 7) is 2.12. The third-order valence-electron chi connectivity index (χ3n) is 4.66. The van der Waals surface area contributed by atoms with Crippen LogP contribution in [0.4, 0.5) is 0 Å². The van der Waals surface area contributed by atoms with Gasteiger partial charge in [-0.2, -0.15) is 0 Å². The van der Waals surface area contributed by atoms with Crippen LogP contribution in [-0.4, -0.2) is 25.7 Å². The topological polar surface area (TPSA) is 38.3 Å². The molecule has 2 aromatic rings. The van der Waals surface area contributed by atoms with Crippen molar-refractivity contribution in [3.8, 4) is 0 Å². The van der Waals surface area contributed by atoms with Gasteiger partial charge in [0.05, 0.1) is 0 Å². The van der Waals surface area contributed by atoms with Gasteiger partial charge in [0.25, 0.3) is 0 Å². The van der Waals surface area contributed by atoms with Gasteiger partial charge in [0.2, 0.25) is 5.91 Å². The Balaban J connectivity index is 1.66. The van der Waals surface area contributed by atoms with Crippen LogP contribution in [0.3, 0.4) is 0 Å². The summed E-state index contributed by atoms with van der Waals surface area (Å²) in [5.41, 5.74) is 2.27. The van der Waals surface area contributed by atoms with E-state index in [-0.39, 0.29) is 11.3 Å². The Morgan fingerprint density at radius 1 is 1.00 bits per heavy atom. The van der Waals surface area contributed by atoms with Gasteiger partial charge >= 0.3 is 0 Å². The minimum Gasteiger partial charge on any atom is -0.381 e. The van der Waals surface area contributed by atoms with Crippen LogP contribution >= 0.6 is 0 Å². The molecule has 24 heavy (non-hydrogen) atoms. The van der Waals surface area contributed by atoms with Crippen LogP contribution in [-0.2, 0) is 14.9 Å². The molecule has 2 aromatic carbocycles. The van der Waals surface area contributed by atoms with Gasteiger partial charge in [-0.3, -0.25) is 4.79 Å². The van der Waals surface area contributed by atoms with Crippen molar-refractivity contribution in [3.05, 3.63) is 77.9 Å². The molecule has 1 fully saturated rings. The maximum absolute atomic E-state index is 12.2. The Labute approximate surface area is 143 Å². The van der Waals surface area contributed by atoms with E-state index in [1.54, 1.807) is 6.08 Å². The first-order valence-corrected chi connectivity index (χ1v) is 8.43. The van der Waals surface area contributed by atoms with E-state index >= 15 is 0 Å². The normalized spacial score (nSPS) is 16.8. The molecule has 3 heteroatoms. The highest BCUT2D eigenvalue weighted by molar-refractivity contribution is 5.91. The van der Waals surface area contributed by atoms with Crippen LogP contribution in [0.2, 0.25) is 0 Å². The first-order chi connectivity index (χ1) is 11.8. The van der Waals surface area contributed by atoms with E-state index < -0.39 is 0 Å². The summed E-state index contributed by atoms with van der Waals surface area (Å²) in [6.07, 6.45) is 5.31. The molecular formula is C21H23NO2. The van der Waals surface area contributed by atoms with E-state index in [1.807, 2.05) is 42.5 Å². The molecule has 1 heterocycles. The standard InChI is InChI=1S/C21H23NO2/c23-20(12-11-18-7-3-1-4-8-18)22-17-21(13-15-24-16-14-21)19-9-5-2-6-10-19/h1-12H,13-17H2,(H,22,23)/b12-11+. The summed E-state index contributed by atoms with van der Waals surface area (Å²) in [5.74, 6) is -0.0550. The van der Waals surface area contributed by atoms with Crippen molar-refractivity contribution in [2.75, 3.05) is 19.8 Å². The average molecular weight is 321 g/mol. The minimum atomic E-state index is -0.0550. The number of amides is 1. The van der Waals surface area contributed by atoms with Gasteiger partial charge < -0.3 is 10.1 Å². The highest BCUT2D eigenvalue weighted by Crippen LogP contribution is 2.34.